The first-order chi connectivity index (χ1) is 17.0. The van der Waals surface area contributed by atoms with Crippen molar-refractivity contribution in [2.75, 3.05) is 51.3 Å². The summed E-state index contributed by atoms with van der Waals surface area (Å²) >= 11 is 0. The number of carbonyl (C=O) groups is 1. The summed E-state index contributed by atoms with van der Waals surface area (Å²) < 4.78 is 6.26. The SMILES string of the molecule is CC(COc1nc(-c2ccc(N3CCN(C)CC3)cc2)cc2nccnc12)C1CNC(=O)CC1C. The van der Waals surface area contributed by atoms with Gasteiger partial charge in [-0.25, -0.2) is 9.97 Å². The van der Waals surface area contributed by atoms with E-state index in [2.05, 4.69) is 70.2 Å². The topological polar surface area (TPSA) is 83.5 Å². The molecule has 1 N–H and O–H groups in total. The second-order valence-electron chi connectivity index (χ2n) is 10.0. The number of nitrogens with one attached hydrogen (secondary N) is 1. The molecule has 3 atom stereocenters. The molecule has 3 aromatic rings. The van der Waals surface area contributed by atoms with Crippen LogP contribution in [-0.4, -0.2) is 72.1 Å². The number of hydrogen-bond acceptors (Lipinski definition) is 7. The number of nitrogens with zero attached hydrogens (tertiary/aromatic N) is 5. The van der Waals surface area contributed by atoms with Gasteiger partial charge in [0.15, 0.2) is 5.52 Å². The van der Waals surface area contributed by atoms with Crippen LogP contribution in [0.1, 0.15) is 20.3 Å². The summed E-state index contributed by atoms with van der Waals surface area (Å²) in [6, 6.07) is 10.6. The zero-order valence-electron chi connectivity index (χ0n) is 20.8. The van der Waals surface area contributed by atoms with E-state index in [-0.39, 0.29) is 11.8 Å². The normalized spacial score (nSPS) is 22.1. The van der Waals surface area contributed by atoms with Crippen molar-refractivity contribution < 1.29 is 9.53 Å². The van der Waals surface area contributed by atoms with Crippen molar-refractivity contribution in [2.24, 2.45) is 17.8 Å². The van der Waals surface area contributed by atoms with Crippen LogP contribution >= 0.6 is 0 Å². The fraction of sp³-hybridized carbons (Fsp3) is 0.481. The van der Waals surface area contributed by atoms with Gasteiger partial charge in [-0.15, -0.1) is 0 Å². The van der Waals surface area contributed by atoms with Crippen molar-refractivity contribution in [2.45, 2.75) is 20.3 Å². The van der Waals surface area contributed by atoms with Crippen LogP contribution < -0.4 is 15.0 Å². The molecule has 0 radical (unpaired) electrons. The number of aromatic nitrogens is 3. The van der Waals surface area contributed by atoms with Crippen LogP contribution in [-0.2, 0) is 4.79 Å². The van der Waals surface area contributed by atoms with Crippen LogP contribution in [0.3, 0.4) is 0 Å². The van der Waals surface area contributed by atoms with Gasteiger partial charge < -0.3 is 19.9 Å². The van der Waals surface area contributed by atoms with Crippen molar-refractivity contribution >= 4 is 22.6 Å². The van der Waals surface area contributed by atoms with Crippen LogP contribution in [0.15, 0.2) is 42.7 Å². The lowest BCUT2D eigenvalue weighted by atomic mass is 9.79. The van der Waals surface area contributed by atoms with Gasteiger partial charge in [0, 0.05) is 62.8 Å². The van der Waals surface area contributed by atoms with Crippen LogP contribution in [0.2, 0.25) is 0 Å². The third kappa shape index (κ3) is 5.22. The van der Waals surface area contributed by atoms with Crippen molar-refractivity contribution in [1.29, 1.82) is 0 Å². The number of hydrogen-bond donors (Lipinski definition) is 1. The van der Waals surface area contributed by atoms with Gasteiger partial charge in [-0.05, 0) is 43.0 Å². The molecule has 8 heteroatoms. The number of pyridine rings is 1. The van der Waals surface area contributed by atoms with E-state index < -0.39 is 0 Å². The highest BCUT2D eigenvalue weighted by Gasteiger charge is 2.30. The molecular formula is C27H34N6O2. The van der Waals surface area contributed by atoms with Crippen LogP contribution in [0.25, 0.3) is 22.3 Å². The highest BCUT2D eigenvalue weighted by Crippen LogP contribution is 2.31. The molecular weight excluding hydrogens is 440 g/mol. The first kappa shape index (κ1) is 23.5. The monoisotopic (exact) mass is 474 g/mol. The number of amides is 1. The van der Waals surface area contributed by atoms with Crippen LogP contribution in [0, 0.1) is 17.8 Å². The smallest absolute Gasteiger partial charge is 0.242 e. The molecule has 1 aromatic carbocycles. The fourth-order valence-electron chi connectivity index (χ4n) is 5.14. The van der Waals surface area contributed by atoms with E-state index >= 15 is 0 Å². The molecule has 5 rings (SSSR count). The second kappa shape index (κ2) is 10.2. The second-order valence-corrected chi connectivity index (χ2v) is 10.0. The summed E-state index contributed by atoms with van der Waals surface area (Å²) in [7, 11) is 2.17. The zero-order chi connectivity index (χ0) is 24.4. The lowest BCUT2D eigenvalue weighted by Crippen LogP contribution is -2.44. The quantitative estimate of drug-likeness (QED) is 0.587. The average molecular weight is 475 g/mol. The maximum Gasteiger partial charge on any atom is 0.242 e. The first-order valence-electron chi connectivity index (χ1n) is 12.5. The standard InChI is InChI=1S/C27H34N6O2/c1-18-14-25(34)30-16-22(18)19(2)17-35-27-26-24(28-8-9-29-26)15-23(31-27)20-4-6-21(7-5-20)33-12-10-32(3)11-13-33/h4-9,15,18-19,22H,10-14,16-17H2,1-3H3,(H,30,34). The Morgan fingerprint density at radius 3 is 2.60 bits per heavy atom. The minimum absolute atomic E-state index is 0.135. The third-order valence-corrected chi connectivity index (χ3v) is 7.44. The number of ether oxygens (including phenoxy) is 1. The number of rotatable bonds is 6. The van der Waals surface area contributed by atoms with Crippen LogP contribution in [0.4, 0.5) is 5.69 Å². The minimum Gasteiger partial charge on any atom is -0.476 e. The molecule has 0 aliphatic carbocycles. The largest absolute Gasteiger partial charge is 0.476 e. The van der Waals surface area contributed by atoms with Crippen molar-refractivity contribution in [3.05, 3.63) is 42.7 Å². The summed E-state index contributed by atoms with van der Waals surface area (Å²) in [5.74, 6) is 1.61. The Balaban J connectivity index is 1.35. The fourth-order valence-corrected chi connectivity index (χ4v) is 5.14. The van der Waals surface area contributed by atoms with E-state index in [9.17, 15) is 4.79 Å². The highest BCUT2D eigenvalue weighted by atomic mass is 16.5. The highest BCUT2D eigenvalue weighted by molar-refractivity contribution is 5.83. The number of fused-ring (bicyclic) bond motifs is 1. The Morgan fingerprint density at radius 1 is 1.11 bits per heavy atom. The molecule has 0 saturated carbocycles. The van der Waals surface area contributed by atoms with Crippen molar-refractivity contribution in [1.82, 2.24) is 25.2 Å². The molecule has 2 aromatic heterocycles. The molecule has 4 heterocycles. The Bertz CT molecular complexity index is 1180. The molecule has 0 spiro atoms. The molecule has 35 heavy (non-hydrogen) atoms. The third-order valence-electron chi connectivity index (χ3n) is 7.44. The maximum absolute atomic E-state index is 11.7. The zero-order valence-corrected chi connectivity index (χ0v) is 20.8. The Hall–Kier alpha value is -3.26. The summed E-state index contributed by atoms with van der Waals surface area (Å²) in [4.78, 5) is 30.3. The van der Waals surface area contributed by atoms with Crippen LogP contribution in [0.5, 0.6) is 5.88 Å². The lowest BCUT2D eigenvalue weighted by molar-refractivity contribution is -0.125. The van der Waals surface area contributed by atoms with E-state index in [4.69, 9.17) is 9.72 Å². The number of benzene rings is 1. The summed E-state index contributed by atoms with van der Waals surface area (Å²) in [5.41, 5.74) is 4.52. The van der Waals surface area contributed by atoms with Gasteiger partial charge in [-0.1, -0.05) is 26.0 Å². The van der Waals surface area contributed by atoms with Crippen molar-refractivity contribution in [3.63, 3.8) is 0 Å². The summed E-state index contributed by atoms with van der Waals surface area (Å²) in [5, 5.41) is 2.99. The van der Waals surface area contributed by atoms with Gasteiger partial charge in [0.25, 0.3) is 0 Å². The Morgan fingerprint density at radius 2 is 1.86 bits per heavy atom. The predicted octanol–water partition coefficient (Wildman–Crippen LogP) is 3.23. The molecule has 0 bridgehead atoms. The summed E-state index contributed by atoms with van der Waals surface area (Å²) in [6.45, 7) is 9.76. The van der Waals surface area contributed by atoms with Gasteiger partial charge in [0.05, 0.1) is 17.8 Å². The average Bonchev–Trinajstić information content (AvgIpc) is 2.87. The van der Waals surface area contributed by atoms with E-state index in [0.717, 1.165) is 43.0 Å². The number of anilines is 1. The van der Waals surface area contributed by atoms with Gasteiger partial charge in [0.2, 0.25) is 11.8 Å². The minimum atomic E-state index is 0.135. The number of piperidine rings is 1. The molecule has 8 nitrogen and oxygen atoms in total. The molecule has 1 amide bonds. The summed E-state index contributed by atoms with van der Waals surface area (Å²) in [6.07, 6.45) is 3.94. The lowest BCUT2D eigenvalue weighted by Gasteiger charge is -2.34. The van der Waals surface area contributed by atoms with E-state index in [1.54, 1.807) is 12.4 Å². The predicted molar refractivity (Wildman–Crippen MR) is 137 cm³/mol. The van der Waals surface area contributed by atoms with E-state index in [1.165, 1.54) is 5.69 Å². The Kier molecular flexibility index (Phi) is 6.81. The van der Waals surface area contributed by atoms with Crippen molar-refractivity contribution in [3.8, 4) is 17.1 Å². The number of likely N-dealkylation sites (N-methyl/N-ethyl adjacent to an activating group) is 1. The first-order valence-corrected chi connectivity index (χ1v) is 12.5. The molecule has 2 fully saturated rings. The molecule has 184 valence electrons. The van der Waals surface area contributed by atoms with Gasteiger partial charge in [-0.2, -0.15) is 0 Å². The Labute approximate surface area is 206 Å². The molecule has 2 saturated heterocycles. The molecule has 2 aliphatic rings. The molecule has 3 unspecified atom stereocenters. The molecule has 2 aliphatic heterocycles. The van der Waals surface area contributed by atoms with E-state index in [1.807, 2.05) is 6.07 Å². The van der Waals surface area contributed by atoms with Gasteiger partial charge in [-0.3, -0.25) is 9.78 Å². The van der Waals surface area contributed by atoms with Gasteiger partial charge in [0.1, 0.15) is 0 Å². The van der Waals surface area contributed by atoms with E-state index in [0.29, 0.717) is 42.8 Å². The maximum atomic E-state index is 11.7. The number of piperazine rings is 1. The number of carbonyl (C=O) groups excluding carboxylic acids is 1. The van der Waals surface area contributed by atoms with Gasteiger partial charge >= 0.3 is 0 Å².